The van der Waals surface area contributed by atoms with E-state index < -0.39 is 0 Å². The fourth-order valence-corrected chi connectivity index (χ4v) is 4.25. The number of aromatic nitrogens is 3. The number of fused-ring (bicyclic) bond motifs is 1. The quantitative estimate of drug-likeness (QED) is 0.577. The Morgan fingerprint density at radius 3 is 2.65 bits per heavy atom. The predicted octanol–water partition coefficient (Wildman–Crippen LogP) is 4.10. The lowest BCUT2D eigenvalue weighted by atomic mass is 10.1. The van der Waals surface area contributed by atoms with Gasteiger partial charge in [-0.3, -0.25) is 4.98 Å². The van der Waals surface area contributed by atoms with Crippen LogP contribution in [0, 0.1) is 13.8 Å². The first kappa shape index (κ1) is 21.4. The molecule has 0 spiro atoms. The molecule has 3 aromatic rings. The number of piperidine rings is 1. The second kappa shape index (κ2) is 9.52. The van der Waals surface area contributed by atoms with Crippen LogP contribution in [0.5, 0.6) is 0 Å². The minimum Gasteiger partial charge on any atom is -0.388 e. The number of hydrogen-bond acceptors (Lipinski definition) is 5. The van der Waals surface area contributed by atoms with Crippen LogP contribution in [0.1, 0.15) is 36.7 Å². The molecule has 31 heavy (non-hydrogen) atoms. The summed E-state index contributed by atoms with van der Waals surface area (Å²) in [6, 6.07) is 13.0. The van der Waals surface area contributed by atoms with E-state index in [1.54, 1.807) is 0 Å². The topological polar surface area (TPSA) is 58.0 Å². The average Bonchev–Trinajstić information content (AvgIpc) is 3.09. The van der Waals surface area contributed by atoms with Crippen LogP contribution in [-0.4, -0.2) is 51.7 Å². The molecule has 6 nitrogen and oxygen atoms in total. The summed E-state index contributed by atoms with van der Waals surface area (Å²) in [6.45, 7) is 15.1. The van der Waals surface area contributed by atoms with Crippen LogP contribution in [0.25, 0.3) is 11.0 Å². The van der Waals surface area contributed by atoms with Gasteiger partial charge in [0, 0.05) is 43.6 Å². The first-order valence-electron chi connectivity index (χ1n) is 11.3. The van der Waals surface area contributed by atoms with Crippen molar-refractivity contribution in [1.82, 2.24) is 24.8 Å². The first-order chi connectivity index (χ1) is 15.0. The van der Waals surface area contributed by atoms with Gasteiger partial charge in [-0.25, -0.2) is 4.98 Å². The monoisotopic (exact) mass is 418 g/mol. The number of allylic oxidation sites excluding steroid dienone is 1. The number of likely N-dealkylation sites (tertiary alicyclic amines) is 1. The summed E-state index contributed by atoms with van der Waals surface area (Å²) >= 11 is 0. The van der Waals surface area contributed by atoms with Crippen molar-refractivity contribution in [2.75, 3.05) is 31.5 Å². The van der Waals surface area contributed by atoms with Crippen molar-refractivity contribution in [3.63, 3.8) is 0 Å². The van der Waals surface area contributed by atoms with Gasteiger partial charge in [-0.2, -0.15) is 0 Å². The van der Waals surface area contributed by atoms with E-state index in [4.69, 9.17) is 9.97 Å². The lowest BCUT2D eigenvalue weighted by molar-refractivity contribution is 0.220. The molecule has 2 N–H and O–H groups in total. The standard InChI is InChI=1S/C25H34N6/c1-18(2)26-13-16-30-14-11-21(12-15-30)28-25-29-22-7-5-6-8-24(22)31(25)17-23-19(3)9-10-20(4)27-23/h5-10,21,26H,1,11-17H2,2-4H3,(H,28,29). The number of rotatable bonds is 8. The van der Waals surface area contributed by atoms with Crippen LogP contribution in [0.2, 0.25) is 0 Å². The molecule has 6 heteroatoms. The molecule has 1 aromatic carbocycles. The summed E-state index contributed by atoms with van der Waals surface area (Å²) < 4.78 is 2.28. The largest absolute Gasteiger partial charge is 0.388 e. The van der Waals surface area contributed by atoms with Crippen LogP contribution >= 0.6 is 0 Å². The number of para-hydroxylation sites is 2. The smallest absolute Gasteiger partial charge is 0.204 e. The Morgan fingerprint density at radius 1 is 1.10 bits per heavy atom. The molecule has 0 bridgehead atoms. The molecule has 164 valence electrons. The maximum atomic E-state index is 4.93. The van der Waals surface area contributed by atoms with Gasteiger partial charge in [0.05, 0.1) is 23.3 Å². The molecule has 1 aliphatic rings. The number of pyridine rings is 1. The van der Waals surface area contributed by atoms with Crippen molar-refractivity contribution < 1.29 is 0 Å². The SMILES string of the molecule is C=C(C)NCCN1CCC(Nc2nc3ccccc3n2Cc2nc(C)ccc2C)CC1. The van der Waals surface area contributed by atoms with E-state index >= 15 is 0 Å². The zero-order chi connectivity index (χ0) is 21.8. The number of nitrogens with one attached hydrogen (secondary N) is 2. The van der Waals surface area contributed by atoms with Gasteiger partial charge in [-0.1, -0.05) is 24.8 Å². The maximum absolute atomic E-state index is 4.93. The second-order valence-electron chi connectivity index (χ2n) is 8.69. The van der Waals surface area contributed by atoms with E-state index in [2.05, 4.69) is 70.0 Å². The lowest BCUT2D eigenvalue weighted by Gasteiger charge is -2.32. The summed E-state index contributed by atoms with van der Waals surface area (Å²) in [7, 11) is 0. The van der Waals surface area contributed by atoms with Crippen molar-refractivity contribution in [2.24, 2.45) is 0 Å². The van der Waals surface area contributed by atoms with E-state index in [9.17, 15) is 0 Å². The van der Waals surface area contributed by atoms with Gasteiger partial charge in [-0.05, 0) is 57.4 Å². The third-order valence-corrected chi connectivity index (χ3v) is 6.08. The number of imidazole rings is 1. The van der Waals surface area contributed by atoms with E-state index in [0.29, 0.717) is 6.04 Å². The lowest BCUT2D eigenvalue weighted by Crippen LogP contribution is -2.42. The fraction of sp³-hybridized carbons (Fsp3) is 0.440. The first-order valence-corrected chi connectivity index (χ1v) is 11.3. The molecule has 0 aliphatic carbocycles. The number of anilines is 1. The van der Waals surface area contributed by atoms with Crippen molar-refractivity contribution in [3.8, 4) is 0 Å². The van der Waals surface area contributed by atoms with Crippen LogP contribution in [0.3, 0.4) is 0 Å². The number of benzene rings is 1. The zero-order valence-electron chi connectivity index (χ0n) is 19.0. The van der Waals surface area contributed by atoms with Gasteiger partial charge < -0.3 is 20.1 Å². The molecule has 1 aliphatic heterocycles. The second-order valence-corrected chi connectivity index (χ2v) is 8.69. The summed E-state index contributed by atoms with van der Waals surface area (Å²) in [5.41, 5.74) is 6.58. The third kappa shape index (κ3) is 5.25. The summed E-state index contributed by atoms with van der Waals surface area (Å²) in [6.07, 6.45) is 2.25. The van der Waals surface area contributed by atoms with Crippen LogP contribution < -0.4 is 10.6 Å². The predicted molar refractivity (Wildman–Crippen MR) is 128 cm³/mol. The minimum absolute atomic E-state index is 0.437. The Balaban J connectivity index is 1.48. The average molecular weight is 419 g/mol. The normalized spacial score (nSPS) is 15.3. The van der Waals surface area contributed by atoms with Crippen molar-refractivity contribution in [3.05, 3.63) is 65.6 Å². The highest BCUT2D eigenvalue weighted by Gasteiger charge is 2.21. The summed E-state index contributed by atoms with van der Waals surface area (Å²) in [5, 5.41) is 7.08. The Morgan fingerprint density at radius 2 is 1.87 bits per heavy atom. The molecule has 0 amide bonds. The van der Waals surface area contributed by atoms with Crippen LogP contribution in [-0.2, 0) is 6.54 Å². The molecule has 0 saturated carbocycles. The molecule has 0 unspecified atom stereocenters. The molecule has 1 saturated heterocycles. The maximum Gasteiger partial charge on any atom is 0.204 e. The number of aryl methyl sites for hydroxylation is 2. The molecule has 1 fully saturated rings. The highest BCUT2D eigenvalue weighted by Crippen LogP contribution is 2.24. The van der Waals surface area contributed by atoms with Gasteiger partial charge in [0.2, 0.25) is 5.95 Å². The number of nitrogens with zero attached hydrogens (tertiary/aromatic N) is 4. The molecular formula is C25H34N6. The van der Waals surface area contributed by atoms with E-state index in [1.807, 2.05) is 13.8 Å². The highest BCUT2D eigenvalue weighted by molar-refractivity contribution is 5.78. The molecular weight excluding hydrogens is 384 g/mol. The van der Waals surface area contributed by atoms with E-state index in [1.165, 1.54) is 5.56 Å². The van der Waals surface area contributed by atoms with Crippen LogP contribution in [0.15, 0.2) is 48.7 Å². The highest BCUT2D eigenvalue weighted by atomic mass is 15.2. The van der Waals surface area contributed by atoms with Gasteiger partial charge in [0.1, 0.15) is 0 Å². The minimum atomic E-state index is 0.437. The van der Waals surface area contributed by atoms with Gasteiger partial charge in [-0.15, -0.1) is 0 Å². The number of hydrogen-bond donors (Lipinski definition) is 2. The fourth-order valence-electron chi connectivity index (χ4n) is 4.25. The molecule has 3 heterocycles. The van der Waals surface area contributed by atoms with Crippen LogP contribution in [0.4, 0.5) is 5.95 Å². The summed E-state index contributed by atoms with van der Waals surface area (Å²) in [5.74, 6) is 0.950. The molecule has 4 rings (SSSR count). The van der Waals surface area contributed by atoms with Crippen molar-refractivity contribution in [2.45, 2.75) is 46.2 Å². The third-order valence-electron chi connectivity index (χ3n) is 6.08. The van der Waals surface area contributed by atoms with Gasteiger partial charge in [0.25, 0.3) is 0 Å². The van der Waals surface area contributed by atoms with E-state index in [0.717, 1.165) is 79.6 Å². The van der Waals surface area contributed by atoms with Crippen molar-refractivity contribution >= 4 is 17.0 Å². The van der Waals surface area contributed by atoms with Gasteiger partial charge >= 0.3 is 0 Å². The summed E-state index contributed by atoms with van der Waals surface area (Å²) in [4.78, 5) is 12.3. The Labute approximate surface area is 185 Å². The Kier molecular flexibility index (Phi) is 6.56. The van der Waals surface area contributed by atoms with Gasteiger partial charge in [0.15, 0.2) is 0 Å². The zero-order valence-corrected chi connectivity index (χ0v) is 19.0. The molecule has 0 radical (unpaired) electrons. The van der Waals surface area contributed by atoms with Crippen molar-refractivity contribution in [1.29, 1.82) is 0 Å². The Hall–Kier alpha value is -2.86. The molecule has 2 aromatic heterocycles. The Bertz CT molecular complexity index is 1050. The van der Waals surface area contributed by atoms with E-state index in [-0.39, 0.29) is 0 Å². The molecule has 0 atom stereocenters.